The van der Waals surface area contributed by atoms with Crippen molar-refractivity contribution in [2.45, 2.75) is 63.7 Å². The van der Waals surface area contributed by atoms with E-state index in [4.69, 9.17) is 10.5 Å². The standard InChI is InChI=1S/C28H33N5O2/c1-33-17-23(16-31-33)22-14-24(27(29)30-15-22)28(34)32-25-8-5-9-26(25)35-18-19-10-12-21(13-11-19)20-6-3-2-4-7-20/h6,10-17,25-26H,2-5,7-9,18H2,1H3,(H2,29,30)(H,32,34)/t25-,26-/m0/s1. The van der Waals surface area contributed by atoms with Crippen LogP contribution in [0, 0.1) is 0 Å². The van der Waals surface area contributed by atoms with E-state index in [9.17, 15) is 4.79 Å². The molecule has 7 heteroatoms. The van der Waals surface area contributed by atoms with E-state index in [-0.39, 0.29) is 23.9 Å². The largest absolute Gasteiger partial charge is 0.383 e. The molecule has 0 bridgehead atoms. The van der Waals surface area contributed by atoms with Crippen molar-refractivity contribution in [1.29, 1.82) is 0 Å². The quantitative estimate of drug-likeness (QED) is 0.512. The summed E-state index contributed by atoms with van der Waals surface area (Å²) >= 11 is 0. The van der Waals surface area contributed by atoms with Crippen LogP contribution in [0.25, 0.3) is 16.7 Å². The number of aromatic nitrogens is 3. The lowest BCUT2D eigenvalue weighted by molar-refractivity contribution is 0.0272. The molecule has 1 saturated carbocycles. The van der Waals surface area contributed by atoms with Gasteiger partial charge in [0.2, 0.25) is 0 Å². The molecule has 7 nitrogen and oxygen atoms in total. The van der Waals surface area contributed by atoms with E-state index in [2.05, 4.69) is 45.7 Å². The fourth-order valence-corrected chi connectivity index (χ4v) is 5.04. The van der Waals surface area contributed by atoms with Crippen molar-refractivity contribution in [1.82, 2.24) is 20.1 Å². The minimum Gasteiger partial charge on any atom is -0.383 e. The van der Waals surface area contributed by atoms with E-state index < -0.39 is 0 Å². The highest BCUT2D eigenvalue weighted by Gasteiger charge is 2.30. The van der Waals surface area contributed by atoms with Crippen molar-refractivity contribution in [3.8, 4) is 11.1 Å². The Bertz CT molecular complexity index is 1210. The van der Waals surface area contributed by atoms with Gasteiger partial charge in [0.05, 0.1) is 30.5 Å². The number of pyridine rings is 1. The van der Waals surface area contributed by atoms with Crippen molar-refractivity contribution in [3.63, 3.8) is 0 Å². The number of carbonyl (C=O) groups excluding carboxylic acids is 1. The second-order valence-corrected chi connectivity index (χ2v) is 9.59. The van der Waals surface area contributed by atoms with Crippen LogP contribution in [0.5, 0.6) is 0 Å². The number of nitrogen functional groups attached to an aromatic ring is 1. The van der Waals surface area contributed by atoms with Gasteiger partial charge in [0.1, 0.15) is 5.82 Å². The molecule has 2 aliphatic rings. The van der Waals surface area contributed by atoms with Gasteiger partial charge in [-0.1, -0.05) is 30.3 Å². The average Bonchev–Trinajstić information content (AvgIpc) is 3.52. The predicted octanol–water partition coefficient (Wildman–Crippen LogP) is 4.89. The Balaban J connectivity index is 1.20. The molecule has 0 spiro atoms. The minimum absolute atomic E-state index is 0.0182. The van der Waals surface area contributed by atoms with Crippen LogP contribution in [0.4, 0.5) is 5.82 Å². The smallest absolute Gasteiger partial charge is 0.255 e. The number of hydrogen-bond acceptors (Lipinski definition) is 5. The molecule has 1 amide bonds. The summed E-state index contributed by atoms with van der Waals surface area (Å²) in [5, 5.41) is 7.34. The van der Waals surface area contributed by atoms with Crippen LogP contribution in [-0.4, -0.2) is 32.8 Å². The van der Waals surface area contributed by atoms with Crippen molar-refractivity contribution in [3.05, 3.63) is 71.7 Å². The Kier molecular flexibility index (Phi) is 6.95. The fourth-order valence-electron chi connectivity index (χ4n) is 5.04. The zero-order chi connectivity index (χ0) is 24.2. The zero-order valence-electron chi connectivity index (χ0n) is 20.2. The third kappa shape index (κ3) is 5.46. The monoisotopic (exact) mass is 471 g/mol. The second kappa shape index (κ2) is 10.4. The second-order valence-electron chi connectivity index (χ2n) is 9.59. The molecule has 0 unspecified atom stereocenters. The van der Waals surface area contributed by atoms with E-state index in [0.717, 1.165) is 36.0 Å². The van der Waals surface area contributed by atoms with Crippen LogP contribution in [0.1, 0.15) is 66.4 Å². The molecule has 1 fully saturated rings. The van der Waals surface area contributed by atoms with Crippen LogP contribution in [0.3, 0.4) is 0 Å². The number of nitrogens with two attached hydrogens (primary N) is 1. The number of ether oxygens (including phenoxy) is 1. The number of carbonyl (C=O) groups is 1. The predicted molar refractivity (Wildman–Crippen MR) is 137 cm³/mol. The van der Waals surface area contributed by atoms with Crippen LogP contribution >= 0.6 is 0 Å². The number of aryl methyl sites for hydroxylation is 1. The molecule has 182 valence electrons. The van der Waals surface area contributed by atoms with E-state index >= 15 is 0 Å². The van der Waals surface area contributed by atoms with Crippen LogP contribution in [0.15, 0.2) is 55.0 Å². The summed E-state index contributed by atoms with van der Waals surface area (Å²) in [4.78, 5) is 17.3. The number of allylic oxidation sites excluding steroid dienone is 2. The molecule has 5 rings (SSSR count). The molecule has 0 radical (unpaired) electrons. The lowest BCUT2D eigenvalue weighted by atomic mass is 9.93. The third-order valence-electron chi connectivity index (χ3n) is 7.05. The highest BCUT2D eigenvalue weighted by Crippen LogP contribution is 2.28. The molecular weight excluding hydrogens is 438 g/mol. The number of anilines is 1. The van der Waals surface area contributed by atoms with E-state index in [0.29, 0.717) is 12.2 Å². The van der Waals surface area contributed by atoms with Gasteiger partial charge in [0.15, 0.2) is 0 Å². The highest BCUT2D eigenvalue weighted by molar-refractivity contribution is 5.99. The fraction of sp³-hybridized carbons (Fsp3) is 0.393. The summed E-state index contributed by atoms with van der Waals surface area (Å²) in [6.07, 6.45) is 15.4. The summed E-state index contributed by atoms with van der Waals surface area (Å²) in [5.41, 5.74) is 12.1. The van der Waals surface area contributed by atoms with Gasteiger partial charge in [-0.25, -0.2) is 4.98 Å². The summed E-state index contributed by atoms with van der Waals surface area (Å²) in [7, 11) is 1.85. The average molecular weight is 472 g/mol. The van der Waals surface area contributed by atoms with Gasteiger partial charge < -0.3 is 15.8 Å². The first-order chi connectivity index (χ1) is 17.1. The summed E-state index contributed by atoms with van der Waals surface area (Å²) in [6, 6.07) is 10.5. The number of nitrogens with one attached hydrogen (secondary N) is 1. The van der Waals surface area contributed by atoms with Gasteiger partial charge in [0.25, 0.3) is 5.91 Å². The third-order valence-corrected chi connectivity index (χ3v) is 7.05. The lowest BCUT2D eigenvalue weighted by Crippen LogP contribution is -2.41. The van der Waals surface area contributed by atoms with Gasteiger partial charge in [-0.3, -0.25) is 9.48 Å². The Morgan fingerprint density at radius 1 is 1.11 bits per heavy atom. The van der Waals surface area contributed by atoms with Crippen LogP contribution < -0.4 is 11.1 Å². The SMILES string of the molecule is Cn1cc(-c2cnc(N)c(C(=O)N[C@H]3CCC[C@@H]3OCc3ccc(C4=CCCCC4)cc3)c2)cn1. The van der Waals surface area contributed by atoms with E-state index in [1.165, 1.54) is 36.8 Å². The summed E-state index contributed by atoms with van der Waals surface area (Å²) in [5.74, 6) is 0.00475. The Morgan fingerprint density at radius 3 is 2.71 bits per heavy atom. The first-order valence-electron chi connectivity index (χ1n) is 12.5. The summed E-state index contributed by atoms with van der Waals surface area (Å²) in [6.45, 7) is 0.538. The molecule has 3 aromatic rings. The summed E-state index contributed by atoms with van der Waals surface area (Å²) < 4.78 is 7.98. The maximum Gasteiger partial charge on any atom is 0.255 e. The molecule has 2 heterocycles. The highest BCUT2D eigenvalue weighted by atomic mass is 16.5. The molecule has 1 aromatic carbocycles. The van der Waals surface area contributed by atoms with Gasteiger partial charge in [-0.05, 0) is 67.7 Å². The molecular formula is C28H33N5O2. The lowest BCUT2D eigenvalue weighted by Gasteiger charge is -2.22. The first kappa shape index (κ1) is 23.3. The van der Waals surface area contributed by atoms with Crippen molar-refractivity contribution in [2.24, 2.45) is 7.05 Å². The van der Waals surface area contributed by atoms with Gasteiger partial charge in [0, 0.05) is 30.6 Å². The molecule has 2 atom stereocenters. The normalized spacial score (nSPS) is 20.0. The van der Waals surface area contributed by atoms with E-state index in [1.54, 1.807) is 23.1 Å². The molecule has 2 aromatic heterocycles. The molecule has 2 aliphatic carbocycles. The number of nitrogens with zero attached hydrogens (tertiary/aromatic N) is 3. The maximum atomic E-state index is 13.1. The van der Waals surface area contributed by atoms with Crippen molar-refractivity contribution < 1.29 is 9.53 Å². The van der Waals surface area contributed by atoms with Gasteiger partial charge >= 0.3 is 0 Å². The molecule has 0 saturated heterocycles. The number of rotatable bonds is 7. The maximum absolute atomic E-state index is 13.1. The van der Waals surface area contributed by atoms with Crippen molar-refractivity contribution in [2.75, 3.05) is 5.73 Å². The number of hydrogen-bond donors (Lipinski definition) is 2. The van der Waals surface area contributed by atoms with Gasteiger partial charge in [-0.2, -0.15) is 5.10 Å². The van der Waals surface area contributed by atoms with E-state index in [1.807, 2.05) is 13.2 Å². The topological polar surface area (TPSA) is 95.1 Å². The Hall–Kier alpha value is -3.45. The first-order valence-corrected chi connectivity index (χ1v) is 12.5. The minimum atomic E-state index is -0.216. The van der Waals surface area contributed by atoms with Gasteiger partial charge in [-0.15, -0.1) is 0 Å². The molecule has 3 N–H and O–H groups in total. The molecule has 0 aliphatic heterocycles. The van der Waals surface area contributed by atoms with Crippen LogP contribution in [0.2, 0.25) is 0 Å². The Morgan fingerprint density at radius 2 is 1.97 bits per heavy atom. The Labute approximate surface area is 206 Å². The zero-order valence-corrected chi connectivity index (χ0v) is 20.2. The number of benzene rings is 1. The molecule has 35 heavy (non-hydrogen) atoms. The van der Waals surface area contributed by atoms with Crippen LogP contribution in [-0.2, 0) is 18.4 Å². The number of amides is 1. The van der Waals surface area contributed by atoms with Crippen molar-refractivity contribution >= 4 is 17.3 Å².